The van der Waals surface area contributed by atoms with E-state index in [1.807, 2.05) is 12.4 Å². The van der Waals surface area contributed by atoms with Crippen LogP contribution in [-0.2, 0) is 5.54 Å². The molecule has 1 aromatic rings. The monoisotopic (exact) mass is 205 g/mol. The summed E-state index contributed by atoms with van der Waals surface area (Å²) < 4.78 is 0. The standard InChI is InChI=1S/C12H19N3/c1-11(2)4-3-5-12(13,8-11)10-6-14-9-15-7-10/h6-7,9H,3-5,8,13H2,1-2H3. The van der Waals surface area contributed by atoms with E-state index in [0.717, 1.165) is 18.4 Å². The Bertz CT molecular complexity index is 334. The molecule has 1 fully saturated rings. The molecule has 2 N–H and O–H groups in total. The van der Waals surface area contributed by atoms with E-state index in [2.05, 4.69) is 23.8 Å². The molecule has 82 valence electrons. The van der Waals surface area contributed by atoms with Crippen molar-refractivity contribution in [3.63, 3.8) is 0 Å². The van der Waals surface area contributed by atoms with Crippen molar-refractivity contribution in [2.45, 2.75) is 45.1 Å². The average Bonchev–Trinajstić information content (AvgIpc) is 2.17. The maximum Gasteiger partial charge on any atom is 0.115 e. The Morgan fingerprint density at radius 2 is 1.87 bits per heavy atom. The van der Waals surface area contributed by atoms with Gasteiger partial charge in [0.15, 0.2) is 0 Å². The fraction of sp³-hybridized carbons (Fsp3) is 0.667. The Labute approximate surface area is 91.1 Å². The molecule has 0 saturated heterocycles. The summed E-state index contributed by atoms with van der Waals surface area (Å²) in [6, 6.07) is 0. The molecule has 3 heteroatoms. The zero-order valence-electron chi connectivity index (χ0n) is 9.53. The summed E-state index contributed by atoms with van der Waals surface area (Å²) in [4.78, 5) is 8.12. The molecular formula is C12H19N3. The van der Waals surface area contributed by atoms with E-state index in [1.54, 1.807) is 6.33 Å². The van der Waals surface area contributed by atoms with Gasteiger partial charge in [0.1, 0.15) is 6.33 Å². The maximum atomic E-state index is 6.48. The van der Waals surface area contributed by atoms with Gasteiger partial charge in [-0.05, 0) is 24.7 Å². The quantitative estimate of drug-likeness (QED) is 0.765. The van der Waals surface area contributed by atoms with Gasteiger partial charge in [0, 0.05) is 23.5 Å². The number of hydrogen-bond donors (Lipinski definition) is 1. The predicted octanol–water partition coefficient (Wildman–Crippen LogP) is 2.23. The summed E-state index contributed by atoms with van der Waals surface area (Å²) >= 11 is 0. The second kappa shape index (κ2) is 3.56. The molecule has 0 aliphatic heterocycles. The molecular weight excluding hydrogens is 186 g/mol. The van der Waals surface area contributed by atoms with Crippen LogP contribution in [0.15, 0.2) is 18.7 Å². The minimum atomic E-state index is -0.219. The van der Waals surface area contributed by atoms with Crippen LogP contribution in [0.5, 0.6) is 0 Å². The minimum absolute atomic E-state index is 0.219. The van der Waals surface area contributed by atoms with E-state index in [4.69, 9.17) is 5.73 Å². The van der Waals surface area contributed by atoms with Crippen LogP contribution in [0.1, 0.15) is 45.1 Å². The maximum absolute atomic E-state index is 6.48. The van der Waals surface area contributed by atoms with Crippen molar-refractivity contribution in [3.8, 4) is 0 Å². The van der Waals surface area contributed by atoms with Crippen LogP contribution in [0, 0.1) is 5.41 Å². The molecule has 0 bridgehead atoms. The molecule has 0 aromatic carbocycles. The van der Waals surface area contributed by atoms with Crippen molar-refractivity contribution in [2.75, 3.05) is 0 Å². The van der Waals surface area contributed by atoms with Gasteiger partial charge in [-0.15, -0.1) is 0 Å². The molecule has 15 heavy (non-hydrogen) atoms. The van der Waals surface area contributed by atoms with Gasteiger partial charge in [-0.3, -0.25) is 0 Å². The number of aromatic nitrogens is 2. The van der Waals surface area contributed by atoms with Crippen LogP contribution in [0.3, 0.4) is 0 Å². The first-order chi connectivity index (χ1) is 7.02. The van der Waals surface area contributed by atoms with E-state index in [-0.39, 0.29) is 5.54 Å². The van der Waals surface area contributed by atoms with Gasteiger partial charge in [-0.1, -0.05) is 20.3 Å². The highest BCUT2D eigenvalue weighted by Gasteiger charge is 2.38. The van der Waals surface area contributed by atoms with Gasteiger partial charge < -0.3 is 5.73 Å². The fourth-order valence-corrected chi connectivity index (χ4v) is 2.72. The zero-order valence-corrected chi connectivity index (χ0v) is 9.53. The lowest BCUT2D eigenvalue weighted by atomic mass is 9.66. The van der Waals surface area contributed by atoms with Crippen LogP contribution in [0.2, 0.25) is 0 Å². The molecule has 1 unspecified atom stereocenters. The van der Waals surface area contributed by atoms with Crippen molar-refractivity contribution < 1.29 is 0 Å². The molecule has 0 amide bonds. The molecule has 1 saturated carbocycles. The molecule has 0 spiro atoms. The summed E-state index contributed by atoms with van der Waals surface area (Å²) in [5.74, 6) is 0. The third kappa shape index (κ3) is 2.17. The van der Waals surface area contributed by atoms with Crippen molar-refractivity contribution in [1.82, 2.24) is 9.97 Å². The van der Waals surface area contributed by atoms with Crippen LogP contribution < -0.4 is 5.73 Å². The molecule has 1 aliphatic carbocycles. The highest BCUT2D eigenvalue weighted by atomic mass is 14.8. The topological polar surface area (TPSA) is 51.8 Å². The summed E-state index contributed by atoms with van der Waals surface area (Å²) in [7, 11) is 0. The van der Waals surface area contributed by atoms with E-state index in [1.165, 1.54) is 12.8 Å². The summed E-state index contributed by atoms with van der Waals surface area (Å²) in [5, 5.41) is 0. The van der Waals surface area contributed by atoms with Crippen molar-refractivity contribution >= 4 is 0 Å². The van der Waals surface area contributed by atoms with Crippen LogP contribution in [-0.4, -0.2) is 9.97 Å². The Morgan fingerprint density at radius 3 is 2.47 bits per heavy atom. The summed E-state index contributed by atoms with van der Waals surface area (Å²) in [6.07, 6.45) is 9.79. The molecule has 0 radical (unpaired) electrons. The third-order valence-corrected chi connectivity index (χ3v) is 3.41. The summed E-state index contributed by atoms with van der Waals surface area (Å²) in [6.45, 7) is 4.58. The Hall–Kier alpha value is -0.960. The largest absolute Gasteiger partial charge is 0.321 e. The van der Waals surface area contributed by atoms with E-state index >= 15 is 0 Å². The second-order valence-corrected chi connectivity index (χ2v) is 5.48. The molecule has 3 nitrogen and oxygen atoms in total. The van der Waals surface area contributed by atoms with Crippen molar-refractivity contribution in [2.24, 2.45) is 11.1 Å². The van der Waals surface area contributed by atoms with Gasteiger partial charge in [0.25, 0.3) is 0 Å². The highest BCUT2D eigenvalue weighted by molar-refractivity contribution is 5.18. The van der Waals surface area contributed by atoms with E-state index in [0.29, 0.717) is 5.41 Å². The van der Waals surface area contributed by atoms with Gasteiger partial charge >= 0.3 is 0 Å². The second-order valence-electron chi connectivity index (χ2n) is 5.48. The number of hydrogen-bond acceptors (Lipinski definition) is 3. The number of nitrogens with two attached hydrogens (primary N) is 1. The molecule has 1 aromatic heterocycles. The van der Waals surface area contributed by atoms with Gasteiger partial charge in [-0.2, -0.15) is 0 Å². The number of nitrogens with zero attached hydrogens (tertiary/aromatic N) is 2. The van der Waals surface area contributed by atoms with Crippen molar-refractivity contribution in [1.29, 1.82) is 0 Å². The molecule has 1 aliphatic rings. The van der Waals surface area contributed by atoms with E-state index < -0.39 is 0 Å². The van der Waals surface area contributed by atoms with Crippen LogP contribution in [0.25, 0.3) is 0 Å². The Morgan fingerprint density at radius 1 is 1.20 bits per heavy atom. The molecule has 1 heterocycles. The Kier molecular flexibility index (Phi) is 2.51. The Balaban J connectivity index is 2.27. The molecule has 2 rings (SSSR count). The average molecular weight is 205 g/mol. The van der Waals surface area contributed by atoms with Crippen LogP contribution >= 0.6 is 0 Å². The highest BCUT2D eigenvalue weighted by Crippen LogP contribution is 2.44. The first-order valence-electron chi connectivity index (χ1n) is 5.56. The minimum Gasteiger partial charge on any atom is -0.321 e. The number of rotatable bonds is 1. The van der Waals surface area contributed by atoms with Gasteiger partial charge in [0.05, 0.1) is 0 Å². The summed E-state index contributed by atoms with van der Waals surface area (Å²) in [5.41, 5.74) is 7.67. The van der Waals surface area contributed by atoms with Gasteiger partial charge in [0.2, 0.25) is 0 Å². The normalized spacial score (nSPS) is 30.1. The smallest absolute Gasteiger partial charge is 0.115 e. The fourth-order valence-electron chi connectivity index (χ4n) is 2.72. The predicted molar refractivity (Wildman–Crippen MR) is 60.1 cm³/mol. The van der Waals surface area contributed by atoms with E-state index in [9.17, 15) is 0 Å². The first kappa shape index (κ1) is 10.6. The lowest BCUT2D eigenvalue weighted by Gasteiger charge is -2.42. The van der Waals surface area contributed by atoms with Crippen molar-refractivity contribution in [3.05, 3.63) is 24.3 Å². The van der Waals surface area contributed by atoms with Gasteiger partial charge in [-0.25, -0.2) is 9.97 Å². The third-order valence-electron chi connectivity index (χ3n) is 3.41. The lowest BCUT2D eigenvalue weighted by Crippen LogP contribution is -2.44. The zero-order chi connectivity index (χ0) is 10.9. The molecule has 1 atom stereocenters. The lowest BCUT2D eigenvalue weighted by molar-refractivity contribution is 0.150. The van der Waals surface area contributed by atoms with Crippen LogP contribution in [0.4, 0.5) is 0 Å². The SMILES string of the molecule is CC1(C)CCCC(N)(c2cncnc2)C1. The first-order valence-corrected chi connectivity index (χ1v) is 5.56.